The Morgan fingerprint density at radius 3 is 1.64 bits per heavy atom. The van der Waals surface area contributed by atoms with E-state index in [0.29, 0.717) is 5.56 Å². The van der Waals surface area contributed by atoms with Gasteiger partial charge in [0.1, 0.15) is 29.6 Å². The van der Waals surface area contributed by atoms with Crippen LogP contribution in [0.25, 0.3) is 11.1 Å². The SMILES string of the molecule is Cc1cc(C)c(-c2cc(C)c(OP(=O)(O)OCCC[C@H](C(=O)O)N3CCN(CC(=O)N[C@H](CC(=O)O)C(=O)O)CCN(Cc4ccc([N+](=O)[O-])cc4O)CCN(CC(=O)N[C@H](CC(=O)O)C(=O)O)CC3)cc2C)c(C)c1. The number of aliphatic carboxylic acids is 5. The third-order valence-corrected chi connectivity index (χ3v) is 13.5. The summed E-state index contributed by atoms with van der Waals surface area (Å²) < 4.78 is 24.2. The minimum Gasteiger partial charge on any atom is -0.507 e. The van der Waals surface area contributed by atoms with Crippen molar-refractivity contribution in [3.05, 3.63) is 86.0 Å². The lowest BCUT2D eigenvalue weighted by molar-refractivity contribution is -0.385. The number of rotatable bonds is 25. The van der Waals surface area contributed by atoms with E-state index in [1.807, 2.05) is 33.8 Å². The molecule has 416 valence electrons. The molecule has 0 aromatic heterocycles. The van der Waals surface area contributed by atoms with Gasteiger partial charge in [-0.05, 0) is 99.0 Å². The number of carboxylic acids is 5. The molecule has 1 unspecified atom stereocenters. The van der Waals surface area contributed by atoms with Crippen molar-refractivity contribution in [2.75, 3.05) is 72.1 Å². The van der Waals surface area contributed by atoms with Crippen molar-refractivity contribution >= 4 is 55.2 Å². The van der Waals surface area contributed by atoms with Crippen molar-refractivity contribution in [3.8, 4) is 22.6 Å². The average Bonchev–Trinajstić information content (AvgIpc) is 3.29. The first-order valence-corrected chi connectivity index (χ1v) is 25.6. The molecule has 76 heavy (non-hydrogen) atoms. The standard InChI is InChI=1S/C49H66N7O19P/c1-29-19-32(4)46(33(5)20-29)36-21-31(3)41(22-30(36)2)75-76(72,73)74-18-6-7-39(49(68)69)55-16-14-53(27-42(58)50-37(47(64)65)24-44(60)61)12-10-52(26-34-8-9-35(56(70)71)23-40(34)57)11-13-54(15-17-55)28-43(59)51-38(48(66)67)25-45(62)63/h8-9,19-23,37-39,57H,6-7,10-18,24-28H2,1-5H3,(H,50,58)(H,51,59)(H,60,61)(H,62,63)(H,64,65)(H,66,67)(H,68,69)(H,72,73)/t37-,38-,39-/m1/s1. The number of nitro groups is 1. The summed E-state index contributed by atoms with van der Waals surface area (Å²) in [6.07, 6.45) is -2.16. The summed E-state index contributed by atoms with van der Waals surface area (Å²) in [6.45, 7) is 7.73. The first kappa shape index (κ1) is 61.5. The third-order valence-electron chi connectivity index (χ3n) is 12.6. The van der Waals surface area contributed by atoms with Crippen LogP contribution in [-0.2, 0) is 49.2 Å². The number of carboxylic acid groups (broad SMARTS) is 5. The Kier molecular flexibility index (Phi) is 22.8. The molecular formula is C49H66N7O19P. The maximum atomic E-state index is 13.3. The van der Waals surface area contributed by atoms with E-state index in [0.717, 1.165) is 39.4 Å². The summed E-state index contributed by atoms with van der Waals surface area (Å²) in [5, 5.41) is 74.9. The Balaban J connectivity index is 1.60. The zero-order valence-corrected chi connectivity index (χ0v) is 43.7. The number of nitrogens with zero attached hydrogens (tertiary/aromatic N) is 5. The number of hydrogen-bond donors (Lipinski definition) is 9. The zero-order chi connectivity index (χ0) is 56.6. The highest BCUT2D eigenvalue weighted by atomic mass is 31.2. The maximum absolute atomic E-state index is 13.3. The summed E-state index contributed by atoms with van der Waals surface area (Å²) >= 11 is 0. The van der Waals surface area contributed by atoms with Gasteiger partial charge in [-0.2, -0.15) is 0 Å². The predicted octanol–water partition coefficient (Wildman–Crippen LogP) is 2.75. The van der Waals surface area contributed by atoms with Gasteiger partial charge in [-0.3, -0.25) is 63.1 Å². The van der Waals surface area contributed by atoms with Crippen LogP contribution in [0.3, 0.4) is 0 Å². The fourth-order valence-electron chi connectivity index (χ4n) is 8.85. The van der Waals surface area contributed by atoms with Gasteiger partial charge in [0.15, 0.2) is 0 Å². The van der Waals surface area contributed by atoms with Crippen LogP contribution in [0.15, 0.2) is 42.5 Å². The molecule has 4 rings (SSSR count). The molecular weight excluding hydrogens is 1020 g/mol. The molecule has 9 N–H and O–H groups in total. The van der Waals surface area contributed by atoms with E-state index in [1.54, 1.807) is 27.7 Å². The second-order valence-electron chi connectivity index (χ2n) is 18.6. The van der Waals surface area contributed by atoms with Crippen molar-refractivity contribution in [2.24, 2.45) is 0 Å². The molecule has 0 aliphatic carbocycles. The van der Waals surface area contributed by atoms with Crippen molar-refractivity contribution in [3.63, 3.8) is 0 Å². The molecule has 2 amide bonds. The topological polar surface area (TPSA) is 377 Å². The molecule has 1 heterocycles. The number of carbonyl (C=O) groups excluding carboxylic acids is 2. The number of aromatic hydroxyl groups is 1. The number of benzene rings is 3. The minimum absolute atomic E-state index is 0.00798. The number of phosphoric ester groups is 1. The lowest BCUT2D eigenvalue weighted by Gasteiger charge is -2.36. The van der Waals surface area contributed by atoms with Gasteiger partial charge in [-0.25, -0.2) is 14.2 Å². The molecule has 0 saturated carbocycles. The first-order chi connectivity index (χ1) is 35.6. The molecule has 3 aromatic rings. The highest BCUT2D eigenvalue weighted by Gasteiger charge is 2.32. The second kappa shape index (κ2) is 28.2. The van der Waals surface area contributed by atoms with E-state index >= 15 is 0 Å². The van der Waals surface area contributed by atoms with Gasteiger partial charge >= 0.3 is 37.7 Å². The van der Waals surface area contributed by atoms with Crippen molar-refractivity contribution in [1.82, 2.24) is 30.2 Å². The molecule has 1 aliphatic heterocycles. The summed E-state index contributed by atoms with van der Waals surface area (Å²) in [5.74, 6) is -9.62. The molecule has 1 saturated heterocycles. The highest BCUT2D eigenvalue weighted by molar-refractivity contribution is 7.47. The molecule has 0 radical (unpaired) electrons. The van der Waals surface area contributed by atoms with Gasteiger partial charge in [0.2, 0.25) is 11.8 Å². The van der Waals surface area contributed by atoms with Crippen LogP contribution in [0.2, 0.25) is 0 Å². The highest BCUT2D eigenvalue weighted by Crippen LogP contribution is 2.46. The van der Waals surface area contributed by atoms with Gasteiger partial charge in [0, 0.05) is 70.5 Å². The fraction of sp³-hybridized carbons (Fsp3) is 0.490. The maximum Gasteiger partial charge on any atom is 0.527 e. The number of nitrogens with one attached hydrogen (secondary N) is 2. The largest absolute Gasteiger partial charge is 0.527 e. The van der Waals surface area contributed by atoms with E-state index in [-0.39, 0.29) is 88.7 Å². The predicted molar refractivity (Wildman–Crippen MR) is 271 cm³/mol. The molecule has 26 nitrogen and oxygen atoms in total. The number of phenols is 1. The molecule has 0 bridgehead atoms. The number of non-ortho nitro benzene ring substituents is 1. The van der Waals surface area contributed by atoms with E-state index in [4.69, 9.17) is 9.05 Å². The Labute approximate surface area is 437 Å². The van der Waals surface area contributed by atoms with Crippen LogP contribution in [0, 0.1) is 44.7 Å². The van der Waals surface area contributed by atoms with Gasteiger partial charge in [-0.15, -0.1) is 0 Å². The van der Waals surface area contributed by atoms with Crippen LogP contribution in [0.4, 0.5) is 5.69 Å². The Morgan fingerprint density at radius 2 is 1.18 bits per heavy atom. The number of carbonyl (C=O) groups is 7. The zero-order valence-electron chi connectivity index (χ0n) is 42.8. The van der Waals surface area contributed by atoms with E-state index < -0.39 is 111 Å². The average molecular weight is 1090 g/mol. The van der Waals surface area contributed by atoms with Crippen LogP contribution in [0.5, 0.6) is 11.5 Å². The van der Waals surface area contributed by atoms with Crippen molar-refractivity contribution in [1.29, 1.82) is 0 Å². The fourth-order valence-corrected chi connectivity index (χ4v) is 9.70. The summed E-state index contributed by atoms with van der Waals surface area (Å²) in [6, 6.07) is 6.15. The van der Waals surface area contributed by atoms with E-state index in [1.165, 1.54) is 17.0 Å². The van der Waals surface area contributed by atoms with Crippen LogP contribution in [-0.4, -0.2) is 192 Å². The Bertz CT molecular complexity index is 2600. The van der Waals surface area contributed by atoms with Gasteiger partial charge in [0.05, 0.1) is 43.5 Å². The first-order valence-electron chi connectivity index (χ1n) is 24.1. The smallest absolute Gasteiger partial charge is 0.507 e. The number of amides is 2. The molecule has 3 aromatic carbocycles. The summed E-state index contributed by atoms with van der Waals surface area (Å²) in [5.41, 5.74) is 6.34. The molecule has 1 aliphatic rings. The lowest BCUT2D eigenvalue weighted by atomic mass is 9.90. The number of nitro benzene ring substituents is 1. The van der Waals surface area contributed by atoms with Gasteiger partial charge in [0.25, 0.3) is 5.69 Å². The van der Waals surface area contributed by atoms with Crippen LogP contribution >= 0.6 is 7.82 Å². The molecule has 0 spiro atoms. The monoisotopic (exact) mass is 1090 g/mol. The Morgan fingerprint density at radius 1 is 0.684 bits per heavy atom. The van der Waals surface area contributed by atoms with Gasteiger partial charge < -0.3 is 45.8 Å². The molecule has 27 heteroatoms. The van der Waals surface area contributed by atoms with E-state index in [9.17, 15) is 83.8 Å². The van der Waals surface area contributed by atoms with Gasteiger partial charge in [-0.1, -0.05) is 17.7 Å². The number of phosphoric acid groups is 1. The minimum atomic E-state index is -4.79. The molecule has 4 atom stereocenters. The Hall–Kier alpha value is -7.06. The number of phenolic OH excluding ortho intramolecular Hbond substituents is 1. The number of aryl methyl sites for hydroxylation is 5. The normalized spacial score (nSPS) is 16.4. The van der Waals surface area contributed by atoms with Crippen LogP contribution < -0.4 is 15.2 Å². The summed E-state index contributed by atoms with van der Waals surface area (Å²) in [7, 11) is -4.79. The lowest BCUT2D eigenvalue weighted by Crippen LogP contribution is -2.53. The van der Waals surface area contributed by atoms with Crippen molar-refractivity contribution in [2.45, 2.75) is 85.0 Å². The number of hydrogen-bond acceptors (Lipinski definition) is 17. The van der Waals surface area contributed by atoms with E-state index in [2.05, 4.69) is 22.8 Å². The second-order valence-corrected chi connectivity index (χ2v) is 20.0. The molecule has 1 fully saturated rings. The van der Waals surface area contributed by atoms with Crippen molar-refractivity contribution < 1.29 is 87.6 Å². The quantitative estimate of drug-likeness (QED) is 0.0255. The third kappa shape index (κ3) is 19.3. The van der Waals surface area contributed by atoms with Crippen LogP contribution in [0.1, 0.15) is 59.1 Å². The summed E-state index contributed by atoms with van der Waals surface area (Å²) in [4.78, 5) is 114.